The summed E-state index contributed by atoms with van der Waals surface area (Å²) < 4.78 is 40.0. The van der Waals surface area contributed by atoms with Gasteiger partial charge in [0, 0.05) is 41.0 Å². The molecule has 4 rings (SSSR count). The lowest BCUT2D eigenvalue weighted by Crippen LogP contribution is -2.36. The van der Waals surface area contributed by atoms with Crippen LogP contribution >= 0.6 is 11.6 Å². The number of fused-ring (bicyclic) bond motifs is 1. The molecule has 8 heteroatoms. The van der Waals surface area contributed by atoms with Gasteiger partial charge in [0.05, 0.1) is 5.52 Å². The van der Waals surface area contributed by atoms with Crippen LogP contribution in [0.1, 0.15) is 17.7 Å². The zero-order chi connectivity index (χ0) is 20.6. The molecule has 4 nitrogen and oxygen atoms in total. The summed E-state index contributed by atoms with van der Waals surface area (Å²) in [7, 11) is 0. The maximum Gasteiger partial charge on any atom is 0.433 e. The molecule has 1 aromatic heterocycles. The van der Waals surface area contributed by atoms with E-state index in [-0.39, 0.29) is 30.1 Å². The highest BCUT2D eigenvalue weighted by Crippen LogP contribution is 2.36. The Morgan fingerprint density at radius 2 is 1.90 bits per heavy atom. The molecule has 2 aromatic carbocycles. The minimum Gasteiger partial charge on any atom is -0.383 e. The number of benzene rings is 2. The first-order chi connectivity index (χ1) is 13.8. The molecular formula is C21H17ClF3N3O. The number of carbonyl (C=O) groups is 1. The minimum absolute atomic E-state index is 0.0886. The van der Waals surface area contributed by atoms with E-state index in [1.165, 1.54) is 12.1 Å². The fraction of sp³-hybridized carbons (Fsp3) is 0.238. The van der Waals surface area contributed by atoms with Gasteiger partial charge >= 0.3 is 6.18 Å². The molecule has 1 amide bonds. The summed E-state index contributed by atoms with van der Waals surface area (Å²) in [6.45, 7) is 0.678. The van der Waals surface area contributed by atoms with Crippen molar-refractivity contribution in [1.82, 2.24) is 10.3 Å². The van der Waals surface area contributed by atoms with Crippen molar-refractivity contribution in [2.75, 3.05) is 18.4 Å². The molecule has 0 saturated carbocycles. The smallest absolute Gasteiger partial charge is 0.383 e. The second-order valence-electron chi connectivity index (χ2n) is 7.17. The second-order valence-corrected chi connectivity index (χ2v) is 7.60. The lowest BCUT2D eigenvalue weighted by atomic mass is 9.79. The van der Waals surface area contributed by atoms with Gasteiger partial charge in [-0.3, -0.25) is 4.79 Å². The monoisotopic (exact) mass is 419 g/mol. The summed E-state index contributed by atoms with van der Waals surface area (Å²) in [5.41, 5.74) is -0.131. The maximum absolute atomic E-state index is 13.3. The van der Waals surface area contributed by atoms with Gasteiger partial charge in [-0.2, -0.15) is 13.2 Å². The van der Waals surface area contributed by atoms with Crippen LogP contribution in [0.3, 0.4) is 0 Å². The normalized spacial score (nSPS) is 19.4. The average molecular weight is 420 g/mol. The molecule has 1 aliphatic rings. The van der Waals surface area contributed by atoms with Gasteiger partial charge in [0.1, 0.15) is 5.69 Å². The standard InChI is InChI=1S/C21H17ClF3N3O/c22-14-6-7-16-15(8-14)17(9-18(28-16)21(23,24)25)26-11-20(10-19(29)27-12-20)13-4-2-1-3-5-13/h1-9H,10-12H2,(H,26,28)(H,27,29). The zero-order valence-corrected chi connectivity index (χ0v) is 15.9. The number of aromatic nitrogens is 1. The Hall–Kier alpha value is -2.80. The van der Waals surface area contributed by atoms with Crippen LogP contribution in [0.2, 0.25) is 5.02 Å². The number of nitrogens with one attached hydrogen (secondary N) is 2. The SMILES string of the molecule is O=C1CC(CNc2cc(C(F)(F)F)nc3ccc(Cl)cc23)(c2ccccc2)CN1. The van der Waals surface area contributed by atoms with E-state index in [2.05, 4.69) is 15.6 Å². The number of hydrogen-bond donors (Lipinski definition) is 2. The van der Waals surface area contributed by atoms with E-state index in [9.17, 15) is 18.0 Å². The first-order valence-electron chi connectivity index (χ1n) is 9.00. The first kappa shape index (κ1) is 19.5. The predicted molar refractivity (Wildman–Crippen MR) is 106 cm³/mol. The van der Waals surface area contributed by atoms with Crippen molar-refractivity contribution < 1.29 is 18.0 Å². The lowest BCUT2D eigenvalue weighted by molar-refractivity contribution is -0.140. The molecule has 0 aliphatic carbocycles. The summed E-state index contributed by atoms with van der Waals surface area (Å²) in [4.78, 5) is 15.7. The highest BCUT2D eigenvalue weighted by Gasteiger charge is 2.40. The number of alkyl halides is 3. The molecule has 0 spiro atoms. The average Bonchev–Trinajstić information content (AvgIpc) is 3.08. The van der Waals surface area contributed by atoms with Crippen molar-refractivity contribution in [3.05, 3.63) is 70.9 Å². The lowest BCUT2D eigenvalue weighted by Gasteiger charge is -2.29. The van der Waals surface area contributed by atoms with Crippen LogP contribution < -0.4 is 10.6 Å². The van der Waals surface area contributed by atoms with Gasteiger partial charge in [-0.25, -0.2) is 4.98 Å². The molecule has 1 saturated heterocycles. The second kappa shape index (κ2) is 7.22. The summed E-state index contributed by atoms with van der Waals surface area (Å²) in [6.07, 6.45) is -4.33. The maximum atomic E-state index is 13.3. The molecule has 1 fully saturated rings. The molecule has 2 heterocycles. The summed E-state index contributed by atoms with van der Waals surface area (Å²) >= 11 is 6.06. The zero-order valence-electron chi connectivity index (χ0n) is 15.2. The van der Waals surface area contributed by atoms with E-state index in [1.807, 2.05) is 30.3 Å². The number of nitrogens with zero attached hydrogens (tertiary/aromatic N) is 1. The molecule has 1 atom stereocenters. The summed E-state index contributed by atoms with van der Waals surface area (Å²) in [5.74, 6) is -0.0886. The van der Waals surface area contributed by atoms with Crippen LogP contribution in [0.15, 0.2) is 54.6 Å². The van der Waals surface area contributed by atoms with Crippen molar-refractivity contribution in [1.29, 1.82) is 0 Å². The van der Waals surface area contributed by atoms with E-state index in [4.69, 9.17) is 11.6 Å². The number of anilines is 1. The highest BCUT2D eigenvalue weighted by atomic mass is 35.5. The first-order valence-corrected chi connectivity index (χ1v) is 9.38. The number of rotatable bonds is 4. The van der Waals surface area contributed by atoms with Gasteiger partial charge in [0.25, 0.3) is 0 Å². The molecule has 2 N–H and O–H groups in total. The van der Waals surface area contributed by atoms with Gasteiger partial charge in [-0.1, -0.05) is 41.9 Å². The van der Waals surface area contributed by atoms with Gasteiger partial charge < -0.3 is 10.6 Å². The van der Waals surface area contributed by atoms with E-state index >= 15 is 0 Å². The predicted octanol–water partition coefficient (Wildman–Crippen LogP) is 4.78. The fourth-order valence-corrected chi connectivity index (χ4v) is 3.85. The molecule has 0 radical (unpaired) electrons. The number of pyridine rings is 1. The van der Waals surface area contributed by atoms with Crippen LogP contribution in [0.5, 0.6) is 0 Å². The Labute approximate surface area is 170 Å². The van der Waals surface area contributed by atoms with Crippen molar-refractivity contribution in [2.24, 2.45) is 0 Å². The highest BCUT2D eigenvalue weighted by molar-refractivity contribution is 6.31. The van der Waals surface area contributed by atoms with E-state index in [0.717, 1.165) is 11.6 Å². The number of halogens is 4. The topological polar surface area (TPSA) is 54.0 Å². The fourth-order valence-electron chi connectivity index (χ4n) is 3.68. The van der Waals surface area contributed by atoms with E-state index in [1.54, 1.807) is 6.07 Å². The molecule has 1 aliphatic heterocycles. The molecule has 29 heavy (non-hydrogen) atoms. The number of carbonyl (C=O) groups excluding carboxylic acids is 1. The third kappa shape index (κ3) is 3.87. The van der Waals surface area contributed by atoms with Crippen LogP contribution in [0.4, 0.5) is 18.9 Å². The Kier molecular flexibility index (Phi) is 4.86. The van der Waals surface area contributed by atoms with Crippen molar-refractivity contribution in [3.63, 3.8) is 0 Å². The van der Waals surface area contributed by atoms with Crippen LogP contribution in [-0.4, -0.2) is 24.0 Å². The summed E-state index contributed by atoms with van der Waals surface area (Å²) in [5, 5.41) is 6.87. The molecule has 150 valence electrons. The van der Waals surface area contributed by atoms with Gasteiger partial charge in [-0.05, 0) is 29.8 Å². The third-order valence-electron chi connectivity index (χ3n) is 5.19. The third-order valence-corrected chi connectivity index (χ3v) is 5.42. The van der Waals surface area contributed by atoms with Crippen molar-refractivity contribution >= 4 is 34.1 Å². The Morgan fingerprint density at radius 1 is 1.14 bits per heavy atom. The summed E-state index contributed by atoms with van der Waals surface area (Å²) in [6, 6.07) is 15.0. The van der Waals surface area contributed by atoms with Crippen LogP contribution in [0.25, 0.3) is 10.9 Å². The minimum atomic E-state index is -4.58. The molecular weight excluding hydrogens is 403 g/mol. The molecule has 1 unspecified atom stereocenters. The quantitative estimate of drug-likeness (QED) is 0.640. The Bertz CT molecular complexity index is 1070. The van der Waals surface area contributed by atoms with Crippen molar-refractivity contribution in [2.45, 2.75) is 18.0 Å². The van der Waals surface area contributed by atoms with Gasteiger partial charge in [-0.15, -0.1) is 0 Å². The van der Waals surface area contributed by atoms with Gasteiger partial charge in [0.15, 0.2) is 0 Å². The number of hydrogen-bond acceptors (Lipinski definition) is 3. The van der Waals surface area contributed by atoms with Crippen LogP contribution in [-0.2, 0) is 16.4 Å². The van der Waals surface area contributed by atoms with Crippen LogP contribution in [0, 0.1) is 0 Å². The van der Waals surface area contributed by atoms with E-state index < -0.39 is 17.3 Å². The molecule has 3 aromatic rings. The molecule has 0 bridgehead atoms. The van der Waals surface area contributed by atoms with Crippen molar-refractivity contribution in [3.8, 4) is 0 Å². The largest absolute Gasteiger partial charge is 0.433 e. The Morgan fingerprint density at radius 3 is 2.55 bits per heavy atom. The number of amides is 1. The Balaban J connectivity index is 1.75. The van der Waals surface area contributed by atoms with E-state index in [0.29, 0.717) is 17.0 Å². The van der Waals surface area contributed by atoms with Gasteiger partial charge in [0.2, 0.25) is 5.91 Å².